The second-order valence-corrected chi connectivity index (χ2v) is 19.4. The maximum absolute atomic E-state index is 2.64. The minimum absolute atomic E-state index is 0.258. The molecule has 0 saturated carbocycles. The van der Waals surface area contributed by atoms with E-state index in [0.29, 0.717) is 11.8 Å². The quantitative estimate of drug-likeness (QED) is 0.136. The van der Waals surface area contributed by atoms with Gasteiger partial charge in [-0.15, -0.1) is 0 Å². The van der Waals surface area contributed by atoms with Crippen molar-refractivity contribution in [2.45, 2.75) is 55.8 Å². The zero-order chi connectivity index (χ0) is 44.5. The summed E-state index contributed by atoms with van der Waals surface area (Å²) in [7, 11) is 0. The summed E-state index contributed by atoms with van der Waals surface area (Å²) in [5.41, 5.74) is 24.5. The van der Waals surface area contributed by atoms with Crippen LogP contribution in [0.5, 0.6) is 0 Å². The van der Waals surface area contributed by atoms with Gasteiger partial charge in [0.15, 0.2) is 0 Å². The van der Waals surface area contributed by atoms with E-state index in [2.05, 4.69) is 237 Å². The smallest absolute Gasteiger partial charge is 0.0622 e. The van der Waals surface area contributed by atoms with Crippen molar-refractivity contribution in [3.8, 4) is 33.4 Å². The van der Waals surface area contributed by atoms with Gasteiger partial charge in [0.05, 0.1) is 5.41 Å². The van der Waals surface area contributed by atoms with Crippen molar-refractivity contribution in [3.05, 3.63) is 297 Å². The van der Waals surface area contributed by atoms with Crippen LogP contribution < -0.4 is 0 Å². The highest BCUT2D eigenvalue weighted by Crippen LogP contribution is 2.59. The summed E-state index contributed by atoms with van der Waals surface area (Å²) in [6.45, 7) is 2.47. The third-order valence-corrected chi connectivity index (χ3v) is 16.0. The van der Waals surface area contributed by atoms with E-state index in [1.54, 1.807) is 0 Å². The zero-order valence-electron chi connectivity index (χ0n) is 38.0. The van der Waals surface area contributed by atoms with Gasteiger partial charge in [0.1, 0.15) is 0 Å². The molecule has 0 bridgehead atoms. The minimum atomic E-state index is -0.521. The SMILES string of the molecule is CC(c1ccc2c(c1)C(c1ccccc1)(c1ccccc1)c1cc(CCC(c3ccccc3)c3ccc4c(c3)Cc3ccccc3-4)c3ccccc3c1-2)C1Cc2ccccc2-c2ccccc21. The molecular weight excluding hydrogens is 805 g/mol. The predicted molar refractivity (Wildman–Crippen MR) is 279 cm³/mol. The van der Waals surface area contributed by atoms with Gasteiger partial charge < -0.3 is 0 Å². The van der Waals surface area contributed by atoms with Gasteiger partial charge in [-0.25, -0.2) is 0 Å². The van der Waals surface area contributed by atoms with Crippen molar-refractivity contribution in [2.75, 3.05) is 0 Å². The fourth-order valence-corrected chi connectivity index (χ4v) is 12.9. The zero-order valence-corrected chi connectivity index (χ0v) is 38.0. The number of rotatable bonds is 9. The van der Waals surface area contributed by atoms with Crippen LogP contribution in [0.25, 0.3) is 44.2 Å². The lowest BCUT2D eigenvalue weighted by molar-refractivity contribution is 0.567. The van der Waals surface area contributed by atoms with Crippen molar-refractivity contribution in [1.29, 1.82) is 0 Å². The number of fused-ring (bicyclic) bond motifs is 11. The van der Waals surface area contributed by atoms with Crippen LogP contribution >= 0.6 is 0 Å². The van der Waals surface area contributed by atoms with Crippen LogP contribution in [0.2, 0.25) is 0 Å². The van der Waals surface area contributed by atoms with Crippen molar-refractivity contribution in [1.82, 2.24) is 0 Å². The highest BCUT2D eigenvalue weighted by molar-refractivity contribution is 6.05. The summed E-state index contributed by atoms with van der Waals surface area (Å²) in [5.74, 6) is 0.915. The second-order valence-electron chi connectivity index (χ2n) is 19.4. The molecule has 0 aromatic heterocycles. The van der Waals surface area contributed by atoms with Gasteiger partial charge in [-0.05, 0) is 148 Å². The van der Waals surface area contributed by atoms with Crippen LogP contribution in [0.4, 0.5) is 0 Å². The summed E-state index contributed by atoms with van der Waals surface area (Å²) >= 11 is 0. The standard InChI is InChI=1S/C67H52/c1-44(63-41-48-22-12-14-28-56(48)59-30-16-17-31-60(59)63)46-33-38-62-64(42-46)67(52-23-7-3-8-24-52,53-25-9-4-10-26-53)65-43-50(57-29-15-18-32-61(57)66(62)65)34-36-54(45-19-5-2-6-20-45)49-35-37-58-51(40-49)39-47-21-11-13-27-55(47)58/h2-33,35,37-38,40,42-44,54,63H,34,36,39,41H2,1H3. The molecule has 0 nitrogen and oxygen atoms in total. The number of benzene rings is 10. The van der Waals surface area contributed by atoms with E-state index >= 15 is 0 Å². The number of aryl methyl sites for hydroxylation is 1. The second kappa shape index (κ2) is 16.1. The Morgan fingerprint density at radius 3 is 1.75 bits per heavy atom. The van der Waals surface area contributed by atoms with Crippen LogP contribution in [0.3, 0.4) is 0 Å². The third kappa shape index (κ3) is 6.34. The Balaban J connectivity index is 0.970. The summed E-state index contributed by atoms with van der Waals surface area (Å²) in [5, 5.41) is 2.70. The van der Waals surface area contributed by atoms with E-state index in [1.165, 1.54) is 111 Å². The van der Waals surface area contributed by atoms with E-state index in [4.69, 9.17) is 0 Å². The lowest BCUT2D eigenvalue weighted by Gasteiger charge is -2.36. The Morgan fingerprint density at radius 2 is 1.00 bits per heavy atom. The van der Waals surface area contributed by atoms with E-state index in [1.807, 2.05) is 0 Å². The summed E-state index contributed by atoms with van der Waals surface area (Å²) < 4.78 is 0. The molecule has 320 valence electrons. The number of hydrogen-bond donors (Lipinski definition) is 0. The maximum atomic E-state index is 2.64. The molecule has 0 saturated heterocycles. The van der Waals surface area contributed by atoms with Crippen LogP contribution in [-0.2, 0) is 24.7 Å². The van der Waals surface area contributed by atoms with E-state index in [0.717, 1.165) is 25.7 Å². The average molecular weight is 857 g/mol. The largest absolute Gasteiger partial charge is 0.0713 e. The fourth-order valence-electron chi connectivity index (χ4n) is 12.9. The van der Waals surface area contributed by atoms with Crippen LogP contribution in [0.15, 0.2) is 231 Å². The topological polar surface area (TPSA) is 0 Å². The van der Waals surface area contributed by atoms with Gasteiger partial charge in [-0.1, -0.05) is 237 Å². The van der Waals surface area contributed by atoms with Gasteiger partial charge in [-0.3, -0.25) is 0 Å². The van der Waals surface area contributed by atoms with Gasteiger partial charge in [0.2, 0.25) is 0 Å². The fraction of sp³-hybridized carbons (Fsp3) is 0.134. The third-order valence-electron chi connectivity index (χ3n) is 16.0. The van der Waals surface area contributed by atoms with Crippen molar-refractivity contribution in [3.63, 3.8) is 0 Å². The molecule has 3 aliphatic rings. The Morgan fingerprint density at radius 1 is 0.433 bits per heavy atom. The monoisotopic (exact) mass is 856 g/mol. The summed E-state index contributed by atoms with van der Waals surface area (Å²) in [6.07, 6.45) is 3.99. The molecule has 0 fully saturated rings. The van der Waals surface area contributed by atoms with Gasteiger partial charge in [-0.2, -0.15) is 0 Å². The van der Waals surface area contributed by atoms with Gasteiger partial charge >= 0.3 is 0 Å². The lowest BCUT2D eigenvalue weighted by Crippen LogP contribution is -2.29. The predicted octanol–water partition coefficient (Wildman–Crippen LogP) is 16.6. The number of hydrogen-bond acceptors (Lipinski definition) is 0. The average Bonchev–Trinajstić information content (AvgIpc) is 3.92. The first-order valence-corrected chi connectivity index (χ1v) is 24.4. The molecule has 13 rings (SSSR count). The molecule has 0 heterocycles. The molecule has 0 N–H and O–H groups in total. The molecule has 0 aliphatic heterocycles. The molecule has 0 spiro atoms. The van der Waals surface area contributed by atoms with E-state index < -0.39 is 5.41 Å². The molecule has 0 radical (unpaired) electrons. The lowest BCUT2D eigenvalue weighted by atomic mass is 9.66. The summed E-state index contributed by atoms with van der Waals surface area (Å²) in [4.78, 5) is 0. The first-order valence-electron chi connectivity index (χ1n) is 24.4. The van der Waals surface area contributed by atoms with Crippen molar-refractivity contribution < 1.29 is 0 Å². The Bertz CT molecular complexity index is 3450. The minimum Gasteiger partial charge on any atom is -0.0622 e. The maximum Gasteiger partial charge on any atom is 0.0713 e. The first-order chi connectivity index (χ1) is 33.1. The molecule has 67 heavy (non-hydrogen) atoms. The molecule has 3 atom stereocenters. The van der Waals surface area contributed by atoms with E-state index in [9.17, 15) is 0 Å². The van der Waals surface area contributed by atoms with Gasteiger partial charge in [0, 0.05) is 5.92 Å². The van der Waals surface area contributed by atoms with Crippen molar-refractivity contribution >= 4 is 10.8 Å². The van der Waals surface area contributed by atoms with Gasteiger partial charge in [0.25, 0.3) is 0 Å². The molecule has 0 heteroatoms. The summed E-state index contributed by atoms with van der Waals surface area (Å²) in [6, 6.07) is 88.0. The molecule has 3 aliphatic carbocycles. The van der Waals surface area contributed by atoms with E-state index in [-0.39, 0.29) is 5.92 Å². The van der Waals surface area contributed by atoms with Crippen molar-refractivity contribution in [2.24, 2.45) is 0 Å². The normalized spacial score (nSPS) is 15.7. The highest BCUT2D eigenvalue weighted by Gasteiger charge is 2.47. The van der Waals surface area contributed by atoms with Crippen LogP contribution in [0.1, 0.15) is 97.9 Å². The Labute approximate surface area is 395 Å². The Hall–Kier alpha value is -7.54. The molecule has 10 aromatic carbocycles. The Kier molecular flexibility index (Phi) is 9.57. The highest BCUT2D eigenvalue weighted by atomic mass is 14.5. The van der Waals surface area contributed by atoms with Crippen LogP contribution in [0, 0.1) is 0 Å². The molecule has 0 amide bonds. The van der Waals surface area contributed by atoms with Crippen LogP contribution in [-0.4, -0.2) is 0 Å². The first kappa shape index (κ1) is 39.8. The molecule has 3 unspecified atom stereocenters. The molecule has 10 aromatic rings. The molecular formula is C67H52.